The Bertz CT molecular complexity index is 541. The summed E-state index contributed by atoms with van der Waals surface area (Å²) >= 11 is 3.39. The Morgan fingerprint density at radius 1 is 1.43 bits per heavy atom. The molecule has 1 aliphatic carbocycles. The highest BCUT2D eigenvalue weighted by molar-refractivity contribution is 9.10. The first-order valence-electron chi connectivity index (χ1n) is 7.02. The molecular formula is C16H19BrO4. The first kappa shape index (κ1) is 16.0. The van der Waals surface area contributed by atoms with Crippen LogP contribution in [0.15, 0.2) is 34.8 Å². The summed E-state index contributed by atoms with van der Waals surface area (Å²) in [6, 6.07) is 5.43. The van der Waals surface area contributed by atoms with Crippen LogP contribution in [-0.2, 0) is 4.79 Å². The van der Waals surface area contributed by atoms with E-state index >= 15 is 0 Å². The van der Waals surface area contributed by atoms with Crippen molar-refractivity contribution in [1.82, 2.24) is 0 Å². The lowest BCUT2D eigenvalue weighted by Crippen LogP contribution is -2.30. The number of hydrogen-bond acceptors (Lipinski definition) is 3. The molecule has 0 aromatic heterocycles. The van der Waals surface area contributed by atoms with Crippen LogP contribution in [0.2, 0.25) is 0 Å². The molecule has 0 radical (unpaired) electrons. The van der Waals surface area contributed by atoms with Gasteiger partial charge in [0, 0.05) is 16.0 Å². The highest BCUT2D eigenvalue weighted by atomic mass is 79.9. The summed E-state index contributed by atoms with van der Waals surface area (Å²) in [5, 5.41) is 20.0. The molecule has 0 heterocycles. The van der Waals surface area contributed by atoms with Gasteiger partial charge in [-0.25, -0.2) is 0 Å². The van der Waals surface area contributed by atoms with Crippen molar-refractivity contribution in [2.45, 2.75) is 25.9 Å². The van der Waals surface area contributed by atoms with Gasteiger partial charge >= 0.3 is 5.97 Å². The molecule has 0 bridgehead atoms. The molecule has 1 aromatic carbocycles. The summed E-state index contributed by atoms with van der Waals surface area (Å²) < 4.78 is 6.39. The standard InChI is InChI=1S/C16H19BrO4/c1-2-21-14-8-7-10(17)9-13(14)15(18)11-5-3-4-6-12(11)16(19)20/h3-4,7-9,11-12,15,18H,2,5-6H2,1H3,(H,19,20). The van der Waals surface area contributed by atoms with Crippen LogP contribution < -0.4 is 4.74 Å². The van der Waals surface area contributed by atoms with Crippen LogP contribution in [0.25, 0.3) is 0 Å². The summed E-state index contributed by atoms with van der Waals surface area (Å²) in [5.74, 6) is -1.18. The van der Waals surface area contributed by atoms with Crippen molar-refractivity contribution in [2.24, 2.45) is 11.8 Å². The zero-order valence-electron chi connectivity index (χ0n) is 11.8. The van der Waals surface area contributed by atoms with E-state index in [0.717, 1.165) is 4.47 Å². The van der Waals surface area contributed by atoms with Gasteiger partial charge in [-0.2, -0.15) is 0 Å². The van der Waals surface area contributed by atoms with Gasteiger partial charge in [0.1, 0.15) is 5.75 Å². The normalized spacial score (nSPS) is 22.8. The second-order valence-electron chi connectivity index (χ2n) is 5.11. The Kier molecular flexibility index (Phi) is 5.42. The van der Waals surface area contributed by atoms with Crippen molar-refractivity contribution in [3.8, 4) is 5.75 Å². The van der Waals surface area contributed by atoms with E-state index in [2.05, 4.69) is 15.9 Å². The molecule has 0 fully saturated rings. The summed E-state index contributed by atoms with van der Waals surface area (Å²) in [4.78, 5) is 11.4. The lowest BCUT2D eigenvalue weighted by Gasteiger charge is -2.30. The smallest absolute Gasteiger partial charge is 0.307 e. The minimum atomic E-state index is -0.866. The van der Waals surface area contributed by atoms with E-state index in [-0.39, 0.29) is 5.92 Å². The van der Waals surface area contributed by atoms with Crippen molar-refractivity contribution >= 4 is 21.9 Å². The monoisotopic (exact) mass is 354 g/mol. The lowest BCUT2D eigenvalue weighted by atomic mass is 9.77. The fourth-order valence-electron chi connectivity index (χ4n) is 2.74. The minimum Gasteiger partial charge on any atom is -0.493 e. The molecule has 5 heteroatoms. The van der Waals surface area contributed by atoms with Crippen molar-refractivity contribution in [1.29, 1.82) is 0 Å². The zero-order valence-corrected chi connectivity index (χ0v) is 13.4. The van der Waals surface area contributed by atoms with Gasteiger partial charge in [-0.1, -0.05) is 28.1 Å². The second kappa shape index (κ2) is 7.09. The maximum absolute atomic E-state index is 11.4. The molecule has 0 amide bonds. The number of aliphatic hydroxyl groups is 1. The van der Waals surface area contributed by atoms with E-state index in [0.29, 0.717) is 30.8 Å². The van der Waals surface area contributed by atoms with Crippen molar-refractivity contribution < 1.29 is 19.7 Å². The summed E-state index contributed by atoms with van der Waals surface area (Å²) in [7, 11) is 0. The number of halogens is 1. The van der Waals surface area contributed by atoms with Gasteiger partial charge < -0.3 is 14.9 Å². The van der Waals surface area contributed by atoms with E-state index in [1.54, 1.807) is 12.1 Å². The molecule has 0 saturated carbocycles. The summed E-state index contributed by atoms with van der Waals surface area (Å²) in [5.41, 5.74) is 0.637. The van der Waals surface area contributed by atoms with Crippen LogP contribution in [0.3, 0.4) is 0 Å². The molecule has 2 rings (SSSR count). The number of hydrogen-bond donors (Lipinski definition) is 2. The average Bonchev–Trinajstić information content (AvgIpc) is 2.48. The third-order valence-corrected chi connectivity index (χ3v) is 4.29. The van der Waals surface area contributed by atoms with E-state index in [1.165, 1.54) is 0 Å². The lowest BCUT2D eigenvalue weighted by molar-refractivity contribution is -0.145. The van der Waals surface area contributed by atoms with Crippen LogP contribution >= 0.6 is 15.9 Å². The fraction of sp³-hybridized carbons (Fsp3) is 0.438. The number of carboxylic acid groups (broad SMARTS) is 1. The summed E-state index contributed by atoms with van der Waals surface area (Å²) in [6.45, 7) is 2.37. The molecule has 114 valence electrons. The number of carbonyl (C=O) groups is 1. The van der Waals surface area contributed by atoms with Crippen LogP contribution in [-0.4, -0.2) is 22.8 Å². The first-order chi connectivity index (χ1) is 10.0. The van der Waals surface area contributed by atoms with Gasteiger partial charge in [0.25, 0.3) is 0 Å². The predicted molar refractivity (Wildman–Crippen MR) is 83.3 cm³/mol. The van der Waals surface area contributed by atoms with Gasteiger partial charge in [0.2, 0.25) is 0 Å². The molecular weight excluding hydrogens is 336 g/mol. The Balaban J connectivity index is 2.33. The summed E-state index contributed by atoms with van der Waals surface area (Å²) in [6.07, 6.45) is 3.94. The van der Waals surface area contributed by atoms with Crippen molar-refractivity contribution in [3.63, 3.8) is 0 Å². The molecule has 21 heavy (non-hydrogen) atoms. The third-order valence-electron chi connectivity index (χ3n) is 3.79. The molecule has 4 nitrogen and oxygen atoms in total. The van der Waals surface area contributed by atoms with Gasteiger partial charge in [0.05, 0.1) is 18.6 Å². The van der Waals surface area contributed by atoms with Gasteiger partial charge in [-0.3, -0.25) is 4.79 Å². The highest BCUT2D eigenvalue weighted by Gasteiger charge is 2.35. The molecule has 0 aliphatic heterocycles. The van der Waals surface area contributed by atoms with E-state index in [1.807, 2.05) is 25.1 Å². The molecule has 2 N–H and O–H groups in total. The highest BCUT2D eigenvalue weighted by Crippen LogP contribution is 2.40. The number of aliphatic hydroxyl groups excluding tert-OH is 1. The van der Waals surface area contributed by atoms with Crippen molar-refractivity contribution in [3.05, 3.63) is 40.4 Å². The third kappa shape index (κ3) is 3.66. The minimum absolute atomic E-state index is 0.346. The van der Waals surface area contributed by atoms with Gasteiger partial charge in [-0.05, 0) is 38.0 Å². The van der Waals surface area contributed by atoms with Crippen LogP contribution in [0, 0.1) is 11.8 Å². The quantitative estimate of drug-likeness (QED) is 0.793. The Labute approximate surface area is 132 Å². The molecule has 1 aromatic rings. The maximum Gasteiger partial charge on any atom is 0.307 e. The van der Waals surface area contributed by atoms with E-state index in [9.17, 15) is 15.0 Å². The van der Waals surface area contributed by atoms with Gasteiger partial charge in [-0.15, -0.1) is 0 Å². The molecule has 0 spiro atoms. The first-order valence-corrected chi connectivity index (χ1v) is 7.82. The number of aliphatic carboxylic acids is 1. The van der Waals surface area contributed by atoms with E-state index < -0.39 is 18.0 Å². The van der Waals surface area contributed by atoms with Crippen LogP contribution in [0.4, 0.5) is 0 Å². The topological polar surface area (TPSA) is 66.8 Å². The Hall–Kier alpha value is -1.33. The Morgan fingerprint density at radius 2 is 2.14 bits per heavy atom. The Morgan fingerprint density at radius 3 is 2.81 bits per heavy atom. The predicted octanol–water partition coefficient (Wildman–Crippen LogP) is 3.55. The average molecular weight is 355 g/mol. The van der Waals surface area contributed by atoms with Gasteiger partial charge in [0.15, 0.2) is 0 Å². The number of allylic oxidation sites excluding steroid dienone is 2. The van der Waals surface area contributed by atoms with Crippen molar-refractivity contribution in [2.75, 3.05) is 6.61 Å². The van der Waals surface area contributed by atoms with Crippen LogP contribution in [0.1, 0.15) is 31.4 Å². The number of benzene rings is 1. The SMILES string of the molecule is CCOc1ccc(Br)cc1C(O)C1CC=CCC1C(=O)O. The zero-order chi connectivity index (χ0) is 15.4. The van der Waals surface area contributed by atoms with E-state index in [4.69, 9.17) is 4.74 Å². The maximum atomic E-state index is 11.4. The second-order valence-corrected chi connectivity index (χ2v) is 6.03. The number of carboxylic acids is 1. The molecule has 1 aliphatic rings. The number of ether oxygens (including phenoxy) is 1. The van der Waals surface area contributed by atoms with Crippen LogP contribution in [0.5, 0.6) is 5.75 Å². The molecule has 3 atom stereocenters. The largest absolute Gasteiger partial charge is 0.493 e. The molecule has 3 unspecified atom stereocenters. The fourth-order valence-corrected chi connectivity index (χ4v) is 3.11. The number of rotatable bonds is 5. The molecule has 0 saturated heterocycles.